The number of nitrogens with zero attached hydrogens (tertiary/aromatic N) is 2. The van der Waals surface area contributed by atoms with Crippen LogP contribution in [0.1, 0.15) is 61.6 Å². The lowest BCUT2D eigenvalue weighted by molar-refractivity contribution is -0.144. The van der Waals surface area contributed by atoms with E-state index in [4.69, 9.17) is 0 Å². The Balaban J connectivity index is 2.22. The smallest absolute Gasteiger partial charge is 0.329 e. The summed E-state index contributed by atoms with van der Waals surface area (Å²) < 4.78 is 1.76. The van der Waals surface area contributed by atoms with Gasteiger partial charge in [-0.25, -0.2) is 4.79 Å². The highest BCUT2D eigenvalue weighted by molar-refractivity contribution is 5.98. The molecule has 0 aromatic carbocycles. The molecule has 1 heterocycles. The number of aliphatic carboxylic acids is 1. The number of carbonyl (C=O) groups excluding carboxylic acids is 1. The summed E-state index contributed by atoms with van der Waals surface area (Å²) in [5.74, 6) is -1.30. The van der Waals surface area contributed by atoms with Crippen LogP contribution in [0, 0.1) is 6.92 Å². The lowest BCUT2D eigenvalue weighted by atomic mass is 9.97. The molecule has 1 aliphatic carbocycles. The number of rotatable bonds is 4. The lowest BCUT2D eigenvalue weighted by Gasteiger charge is -2.25. The van der Waals surface area contributed by atoms with Crippen LogP contribution in [0.3, 0.4) is 0 Å². The molecule has 2 rings (SSSR count). The molecule has 1 fully saturated rings. The maximum Gasteiger partial charge on any atom is 0.329 e. The third kappa shape index (κ3) is 2.42. The van der Waals surface area contributed by atoms with Crippen molar-refractivity contribution in [3.63, 3.8) is 0 Å². The molecule has 0 atom stereocenters. The normalized spacial score (nSPS) is 17.4. The van der Waals surface area contributed by atoms with E-state index < -0.39 is 11.5 Å². The maximum atomic E-state index is 12.3. The number of carboxylic acids is 1. The lowest BCUT2D eigenvalue weighted by Crippen LogP contribution is -2.52. The molecule has 0 bridgehead atoms. The molecule has 0 radical (unpaired) electrons. The minimum atomic E-state index is -1.11. The molecule has 2 N–H and O–H groups in total. The fourth-order valence-electron chi connectivity index (χ4n) is 2.82. The molecule has 20 heavy (non-hydrogen) atoms. The van der Waals surface area contributed by atoms with Crippen molar-refractivity contribution in [3.05, 3.63) is 17.5 Å². The van der Waals surface area contributed by atoms with Gasteiger partial charge in [-0.15, -0.1) is 0 Å². The van der Waals surface area contributed by atoms with E-state index in [0.29, 0.717) is 18.4 Å². The van der Waals surface area contributed by atoms with E-state index in [-0.39, 0.29) is 11.9 Å². The highest BCUT2D eigenvalue weighted by Crippen LogP contribution is 2.30. The van der Waals surface area contributed by atoms with Crippen LogP contribution in [0.25, 0.3) is 0 Å². The second kappa shape index (κ2) is 5.26. The van der Waals surface area contributed by atoms with Gasteiger partial charge in [-0.2, -0.15) is 5.10 Å². The molecule has 0 saturated heterocycles. The van der Waals surface area contributed by atoms with Gasteiger partial charge in [0.25, 0.3) is 5.91 Å². The average Bonchev–Trinajstić information content (AvgIpc) is 2.96. The molecule has 0 unspecified atom stereocenters. The predicted octanol–water partition coefficient (Wildman–Crippen LogP) is 1.90. The van der Waals surface area contributed by atoms with Crippen LogP contribution < -0.4 is 5.32 Å². The first-order valence-electron chi connectivity index (χ1n) is 6.97. The molecule has 1 aliphatic rings. The summed E-state index contributed by atoms with van der Waals surface area (Å²) in [6.07, 6.45) is 4.15. The minimum absolute atomic E-state index is 0.163. The van der Waals surface area contributed by atoms with Crippen LogP contribution in [-0.4, -0.2) is 32.3 Å². The van der Waals surface area contributed by atoms with Crippen molar-refractivity contribution in [2.75, 3.05) is 0 Å². The van der Waals surface area contributed by atoms with Crippen molar-refractivity contribution in [2.45, 2.75) is 58.0 Å². The molecule has 1 aromatic rings. The van der Waals surface area contributed by atoms with E-state index in [1.54, 1.807) is 4.68 Å². The Morgan fingerprint density at radius 2 is 2.00 bits per heavy atom. The SMILES string of the molecule is Cc1c(C(=O)NC2(C(=O)O)CCCC2)cnn1C(C)C. The van der Waals surface area contributed by atoms with Crippen LogP contribution in [0.5, 0.6) is 0 Å². The summed E-state index contributed by atoms with van der Waals surface area (Å²) in [5, 5.41) is 16.3. The number of aromatic nitrogens is 2. The Labute approximate surface area is 118 Å². The van der Waals surface area contributed by atoms with Gasteiger partial charge in [-0.1, -0.05) is 12.8 Å². The molecule has 1 saturated carbocycles. The van der Waals surface area contributed by atoms with Crippen molar-refractivity contribution in [1.82, 2.24) is 15.1 Å². The number of carbonyl (C=O) groups is 2. The summed E-state index contributed by atoms with van der Waals surface area (Å²) in [6, 6.07) is 0.163. The van der Waals surface area contributed by atoms with Gasteiger partial charge < -0.3 is 10.4 Å². The summed E-state index contributed by atoms with van der Waals surface area (Å²) >= 11 is 0. The first-order chi connectivity index (χ1) is 9.37. The number of nitrogens with one attached hydrogen (secondary N) is 1. The van der Waals surface area contributed by atoms with Gasteiger partial charge in [-0.3, -0.25) is 9.48 Å². The van der Waals surface area contributed by atoms with Crippen molar-refractivity contribution in [3.8, 4) is 0 Å². The Morgan fingerprint density at radius 1 is 1.40 bits per heavy atom. The van der Waals surface area contributed by atoms with Crippen molar-refractivity contribution in [2.24, 2.45) is 0 Å². The van der Waals surface area contributed by atoms with Gasteiger partial charge in [0.05, 0.1) is 11.8 Å². The van der Waals surface area contributed by atoms with Crippen molar-refractivity contribution in [1.29, 1.82) is 0 Å². The molecule has 6 nitrogen and oxygen atoms in total. The van der Waals surface area contributed by atoms with Gasteiger partial charge in [0, 0.05) is 11.7 Å². The van der Waals surface area contributed by atoms with Crippen LogP contribution in [0.15, 0.2) is 6.20 Å². The Kier molecular flexibility index (Phi) is 3.83. The standard InChI is InChI=1S/C14H21N3O3/c1-9(2)17-10(3)11(8-15-17)12(18)16-14(13(19)20)6-4-5-7-14/h8-9H,4-7H2,1-3H3,(H,16,18)(H,19,20). The Morgan fingerprint density at radius 3 is 2.45 bits per heavy atom. The van der Waals surface area contributed by atoms with Gasteiger partial charge in [0.15, 0.2) is 0 Å². The zero-order valence-electron chi connectivity index (χ0n) is 12.1. The van der Waals surface area contributed by atoms with Crippen LogP contribution >= 0.6 is 0 Å². The third-order valence-corrected chi connectivity index (χ3v) is 4.00. The molecular formula is C14H21N3O3. The molecule has 0 aliphatic heterocycles. The molecule has 1 amide bonds. The highest BCUT2D eigenvalue weighted by atomic mass is 16.4. The van der Waals surface area contributed by atoms with Gasteiger partial charge >= 0.3 is 5.97 Å². The monoisotopic (exact) mass is 279 g/mol. The van der Waals surface area contributed by atoms with E-state index in [1.165, 1.54) is 6.20 Å². The van der Waals surface area contributed by atoms with Gasteiger partial charge in [0.1, 0.15) is 5.54 Å². The van der Waals surface area contributed by atoms with Crippen molar-refractivity contribution >= 4 is 11.9 Å². The molecular weight excluding hydrogens is 258 g/mol. The minimum Gasteiger partial charge on any atom is -0.480 e. The molecule has 110 valence electrons. The largest absolute Gasteiger partial charge is 0.480 e. The van der Waals surface area contributed by atoms with E-state index in [9.17, 15) is 14.7 Å². The predicted molar refractivity (Wildman–Crippen MR) is 73.7 cm³/mol. The second-order valence-corrected chi connectivity index (χ2v) is 5.73. The van der Waals surface area contributed by atoms with E-state index in [2.05, 4.69) is 10.4 Å². The molecule has 6 heteroatoms. The second-order valence-electron chi connectivity index (χ2n) is 5.73. The number of carboxylic acid groups (broad SMARTS) is 1. The van der Waals surface area contributed by atoms with E-state index in [1.807, 2.05) is 20.8 Å². The van der Waals surface area contributed by atoms with Crippen LogP contribution in [0.4, 0.5) is 0 Å². The summed E-state index contributed by atoms with van der Waals surface area (Å²) in [6.45, 7) is 5.79. The molecule has 0 spiro atoms. The van der Waals surface area contributed by atoms with E-state index in [0.717, 1.165) is 18.5 Å². The zero-order chi connectivity index (χ0) is 14.9. The van der Waals surface area contributed by atoms with Gasteiger partial charge in [-0.05, 0) is 33.6 Å². The maximum absolute atomic E-state index is 12.3. The Hall–Kier alpha value is -1.85. The number of hydrogen-bond acceptors (Lipinski definition) is 3. The fourth-order valence-corrected chi connectivity index (χ4v) is 2.82. The summed E-state index contributed by atoms with van der Waals surface area (Å²) in [7, 11) is 0. The first-order valence-corrected chi connectivity index (χ1v) is 6.97. The average molecular weight is 279 g/mol. The highest BCUT2D eigenvalue weighted by Gasteiger charge is 2.43. The Bertz CT molecular complexity index is 528. The van der Waals surface area contributed by atoms with E-state index >= 15 is 0 Å². The number of amides is 1. The van der Waals surface area contributed by atoms with Crippen molar-refractivity contribution < 1.29 is 14.7 Å². The topological polar surface area (TPSA) is 84.2 Å². The van der Waals surface area contributed by atoms with Gasteiger partial charge in [0.2, 0.25) is 0 Å². The molecule has 1 aromatic heterocycles. The first kappa shape index (κ1) is 14.6. The summed E-state index contributed by atoms with van der Waals surface area (Å²) in [5.41, 5.74) is 0.103. The number of hydrogen-bond donors (Lipinski definition) is 2. The summed E-state index contributed by atoms with van der Waals surface area (Å²) in [4.78, 5) is 23.8. The van der Waals surface area contributed by atoms with Crippen LogP contribution in [0.2, 0.25) is 0 Å². The van der Waals surface area contributed by atoms with Crippen LogP contribution in [-0.2, 0) is 4.79 Å². The third-order valence-electron chi connectivity index (χ3n) is 4.00. The quantitative estimate of drug-likeness (QED) is 0.881. The zero-order valence-corrected chi connectivity index (χ0v) is 12.1. The fraction of sp³-hybridized carbons (Fsp3) is 0.643.